The third-order valence-corrected chi connectivity index (χ3v) is 4.33. The molecule has 1 aromatic carbocycles. The smallest absolute Gasteiger partial charge is 0.252 e. The lowest BCUT2D eigenvalue weighted by Gasteiger charge is -2.26. The van der Waals surface area contributed by atoms with Crippen LogP contribution in [0.1, 0.15) is 47.8 Å². The number of hydrogen-bond donors (Lipinski definition) is 1. The van der Waals surface area contributed by atoms with Gasteiger partial charge in [-0.15, -0.1) is 0 Å². The van der Waals surface area contributed by atoms with Crippen LogP contribution >= 0.6 is 23.2 Å². The van der Waals surface area contributed by atoms with Gasteiger partial charge in [0.25, 0.3) is 5.91 Å². The molecule has 0 atom stereocenters. The maximum absolute atomic E-state index is 12.6. The van der Waals surface area contributed by atoms with Crippen molar-refractivity contribution >= 4 is 29.1 Å². The number of hydrogen-bond acceptors (Lipinski definition) is 4. The molecule has 3 rings (SSSR count). The first-order chi connectivity index (χ1) is 10.5. The second kappa shape index (κ2) is 5.89. The summed E-state index contributed by atoms with van der Waals surface area (Å²) in [4.78, 5) is 16.9. The number of amides is 1. The highest BCUT2D eigenvalue weighted by Crippen LogP contribution is 2.37. The van der Waals surface area contributed by atoms with Crippen LogP contribution in [0.15, 0.2) is 22.7 Å². The van der Waals surface area contributed by atoms with Crippen LogP contribution in [-0.2, 0) is 5.54 Å². The minimum atomic E-state index is -0.580. The maximum Gasteiger partial charge on any atom is 0.252 e. The lowest BCUT2D eigenvalue weighted by atomic mass is 9.96. The van der Waals surface area contributed by atoms with E-state index in [9.17, 15) is 4.79 Å². The number of benzene rings is 1. The summed E-state index contributed by atoms with van der Waals surface area (Å²) in [6, 6.07) is 4.77. The highest BCUT2D eigenvalue weighted by Gasteiger charge is 2.41. The van der Waals surface area contributed by atoms with Crippen LogP contribution in [0.5, 0.6) is 0 Å². The number of aryl methyl sites for hydroxylation is 1. The molecule has 1 N–H and O–H groups in total. The maximum atomic E-state index is 12.6. The summed E-state index contributed by atoms with van der Waals surface area (Å²) in [5.41, 5.74) is -0.159. The van der Waals surface area contributed by atoms with Gasteiger partial charge in [-0.2, -0.15) is 4.98 Å². The molecule has 1 aliphatic rings. The molecule has 0 unspecified atom stereocenters. The largest absolute Gasteiger partial charge is 0.340 e. The fraction of sp³-hybridized carbons (Fsp3) is 0.400. The number of nitrogens with zero attached hydrogens (tertiary/aromatic N) is 2. The van der Waals surface area contributed by atoms with Crippen LogP contribution in [0.2, 0.25) is 10.0 Å². The number of halogens is 2. The average Bonchev–Trinajstić information content (AvgIpc) is 3.07. The Morgan fingerprint density at radius 2 is 1.86 bits per heavy atom. The Balaban J connectivity index is 1.89. The number of aromatic nitrogens is 2. The summed E-state index contributed by atoms with van der Waals surface area (Å²) < 4.78 is 5.07. The van der Waals surface area contributed by atoms with E-state index in [-0.39, 0.29) is 5.91 Å². The Bertz CT molecular complexity index is 688. The molecule has 7 heteroatoms. The van der Waals surface area contributed by atoms with Crippen molar-refractivity contribution < 1.29 is 9.32 Å². The molecule has 0 spiro atoms. The van der Waals surface area contributed by atoms with Crippen LogP contribution in [0.25, 0.3) is 0 Å². The minimum Gasteiger partial charge on any atom is -0.340 e. The first-order valence-corrected chi connectivity index (χ1v) is 7.83. The Morgan fingerprint density at radius 3 is 2.41 bits per heavy atom. The summed E-state index contributed by atoms with van der Waals surface area (Å²) in [6.45, 7) is 1.73. The third kappa shape index (κ3) is 2.96. The van der Waals surface area contributed by atoms with Gasteiger partial charge in [0.05, 0.1) is 0 Å². The topological polar surface area (TPSA) is 68.0 Å². The predicted molar refractivity (Wildman–Crippen MR) is 83.1 cm³/mol. The molecule has 0 radical (unpaired) electrons. The first-order valence-electron chi connectivity index (χ1n) is 7.08. The van der Waals surface area contributed by atoms with E-state index in [2.05, 4.69) is 15.5 Å². The fourth-order valence-corrected chi connectivity index (χ4v) is 3.38. The normalized spacial score (nSPS) is 16.7. The third-order valence-electron chi connectivity index (χ3n) is 3.89. The van der Waals surface area contributed by atoms with Gasteiger partial charge in [-0.05, 0) is 31.0 Å². The van der Waals surface area contributed by atoms with E-state index in [0.717, 1.165) is 25.7 Å². The van der Waals surface area contributed by atoms with Gasteiger partial charge in [0, 0.05) is 22.5 Å². The first kappa shape index (κ1) is 15.3. The van der Waals surface area contributed by atoms with Gasteiger partial charge in [-0.3, -0.25) is 4.79 Å². The molecule has 1 aromatic heterocycles. The zero-order valence-electron chi connectivity index (χ0n) is 12.0. The summed E-state index contributed by atoms with van der Waals surface area (Å²) >= 11 is 11.9. The summed E-state index contributed by atoms with van der Waals surface area (Å²) in [7, 11) is 0. The van der Waals surface area contributed by atoms with Gasteiger partial charge in [0.2, 0.25) is 5.89 Å². The van der Waals surface area contributed by atoms with Crippen LogP contribution in [0.4, 0.5) is 0 Å². The fourth-order valence-electron chi connectivity index (χ4n) is 2.85. The molecule has 116 valence electrons. The highest BCUT2D eigenvalue weighted by molar-refractivity contribution is 6.35. The Morgan fingerprint density at radius 1 is 1.23 bits per heavy atom. The van der Waals surface area contributed by atoms with E-state index in [1.165, 1.54) is 0 Å². The van der Waals surface area contributed by atoms with Crippen LogP contribution < -0.4 is 5.32 Å². The number of carbonyl (C=O) groups excluding carboxylic acids is 1. The van der Waals surface area contributed by atoms with E-state index in [1.807, 2.05) is 0 Å². The van der Waals surface area contributed by atoms with Crippen molar-refractivity contribution in [1.29, 1.82) is 0 Å². The molecule has 1 aliphatic carbocycles. The lowest BCUT2D eigenvalue weighted by Crippen LogP contribution is -2.44. The molecule has 22 heavy (non-hydrogen) atoms. The molecular weight excluding hydrogens is 325 g/mol. The molecule has 1 heterocycles. The van der Waals surface area contributed by atoms with E-state index in [1.54, 1.807) is 25.1 Å². The van der Waals surface area contributed by atoms with Crippen LogP contribution in [0.3, 0.4) is 0 Å². The SMILES string of the molecule is Cc1nc(C2(NC(=O)c3cc(Cl)cc(Cl)c3)CCCC2)no1. The molecule has 2 aromatic rings. The monoisotopic (exact) mass is 339 g/mol. The standard InChI is InChI=1S/C15H15Cl2N3O2/c1-9-18-14(20-22-9)15(4-2-3-5-15)19-13(21)10-6-11(16)8-12(17)7-10/h6-8H,2-5H2,1H3,(H,19,21). The van der Waals surface area contributed by atoms with Crippen molar-refractivity contribution in [3.63, 3.8) is 0 Å². The van der Waals surface area contributed by atoms with Gasteiger partial charge >= 0.3 is 0 Å². The number of carbonyl (C=O) groups is 1. The zero-order valence-corrected chi connectivity index (χ0v) is 13.5. The van der Waals surface area contributed by atoms with E-state index in [0.29, 0.717) is 27.3 Å². The van der Waals surface area contributed by atoms with Gasteiger partial charge in [0.1, 0.15) is 5.54 Å². The Hall–Kier alpha value is -1.59. The van der Waals surface area contributed by atoms with E-state index < -0.39 is 5.54 Å². The second-order valence-corrected chi connectivity index (χ2v) is 6.41. The predicted octanol–water partition coefficient (Wildman–Crippen LogP) is 3.88. The number of nitrogens with one attached hydrogen (secondary N) is 1. The number of rotatable bonds is 3. The van der Waals surface area contributed by atoms with E-state index in [4.69, 9.17) is 27.7 Å². The van der Waals surface area contributed by atoms with Crippen molar-refractivity contribution in [2.45, 2.75) is 38.1 Å². The van der Waals surface area contributed by atoms with Gasteiger partial charge < -0.3 is 9.84 Å². The molecule has 0 aliphatic heterocycles. The lowest BCUT2D eigenvalue weighted by molar-refractivity contribution is 0.0892. The van der Waals surface area contributed by atoms with Crippen molar-refractivity contribution in [3.8, 4) is 0 Å². The Labute approximate surface area is 138 Å². The van der Waals surface area contributed by atoms with Crippen LogP contribution in [0, 0.1) is 6.92 Å². The van der Waals surface area contributed by atoms with Gasteiger partial charge in [-0.25, -0.2) is 0 Å². The van der Waals surface area contributed by atoms with Gasteiger partial charge in [-0.1, -0.05) is 41.2 Å². The highest BCUT2D eigenvalue weighted by atomic mass is 35.5. The zero-order chi connectivity index (χ0) is 15.7. The second-order valence-electron chi connectivity index (χ2n) is 5.54. The molecule has 1 saturated carbocycles. The summed E-state index contributed by atoms with van der Waals surface area (Å²) in [5.74, 6) is 0.777. The summed E-state index contributed by atoms with van der Waals surface area (Å²) in [6.07, 6.45) is 3.58. The van der Waals surface area contributed by atoms with E-state index >= 15 is 0 Å². The molecule has 0 saturated heterocycles. The van der Waals surface area contributed by atoms with Gasteiger partial charge in [0.15, 0.2) is 5.82 Å². The summed E-state index contributed by atoms with van der Waals surface area (Å²) in [5, 5.41) is 7.90. The van der Waals surface area contributed by atoms with Crippen molar-refractivity contribution in [1.82, 2.24) is 15.5 Å². The molecule has 5 nitrogen and oxygen atoms in total. The van der Waals surface area contributed by atoms with Crippen LogP contribution in [-0.4, -0.2) is 16.0 Å². The quantitative estimate of drug-likeness (QED) is 0.921. The van der Waals surface area contributed by atoms with Crippen molar-refractivity contribution in [3.05, 3.63) is 45.5 Å². The average molecular weight is 340 g/mol. The molecule has 1 fully saturated rings. The molecular formula is C15H15Cl2N3O2. The molecule has 0 bridgehead atoms. The van der Waals surface area contributed by atoms with Crippen molar-refractivity contribution in [2.24, 2.45) is 0 Å². The Kier molecular flexibility index (Phi) is 4.10. The molecule has 1 amide bonds. The van der Waals surface area contributed by atoms with Crippen molar-refractivity contribution in [2.75, 3.05) is 0 Å². The minimum absolute atomic E-state index is 0.242.